The number of hydrogen-bond acceptors (Lipinski definition) is 5. The van der Waals surface area contributed by atoms with E-state index in [9.17, 15) is 14.8 Å². The Morgan fingerprint density at radius 3 is 2.43 bits per heavy atom. The van der Waals surface area contributed by atoms with Gasteiger partial charge in [0.25, 0.3) is 0 Å². The van der Waals surface area contributed by atoms with Gasteiger partial charge in [-0.3, -0.25) is 0 Å². The van der Waals surface area contributed by atoms with Crippen LogP contribution in [-0.2, 0) is 4.74 Å². The number of hydrogen-bond donors (Lipinski definition) is 2. The van der Waals surface area contributed by atoms with Crippen LogP contribution in [0.4, 0.5) is 0 Å². The fraction of sp³-hybridized carbons (Fsp3) is 0.533. The lowest BCUT2D eigenvalue weighted by molar-refractivity contribution is 0.0592. The van der Waals surface area contributed by atoms with E-state index in [4.69, 9.17) is 9.47 Å². The van der Waals surface area contributed by atoms with Gasteiger partial charge in [0.2, 0.25) is 0 Å². The molecule has 0 bridgehead atoms. The van der Waals surface area contributed by atoms with Crippen LogP contribution in [0.2, 0.25) is 0 Å². The molecule has 1 saturated carbocycles. The summed E-state index contributed by atoms with van der Waals surface area (Å²) >= 11 is 0. The van der Waals surface area contributed by atoms with Gasteiger partial charge in [-0.1, -0.05) is 18.9 Å². The fourth-order valence-corrected chi connectivity index (χ4v) is 2.61. The quantitative estimate of drug-likeness (QED) is 0.496. The molecule has 0 spiro atoms. The molecule has 0 atom stereocenters. The van der Waals surface area contributed by atoms with Crippen molar-refractivity contribution < 1.29 is 24.3 Å². The second-order valence-electron chi connectivity index (χ2n) is 5.35. The maximum absolute atomic E-state index is 11.8. The van der Waals surface area contributed by atoms with E-state index in [2.05, 4.69) is 0 Å². The molecule has 2 N–H and O–H groups in total. The first-order chi connectivity index (χ1) is 10.1. The van der Waals surface area contributed by atoms with E-state index >= 15 is 0 Å². The summed E-state index contributed by atoms with van der Waals surface area (Å²) in [4.78, 5) is 11.8. The number of rotatable bonds is 4. The smallest absolute Gasteiger partial charge is 0.488 e. The Morgan fingerprint density at radius 2 is 1.86 bits per heavy atom. The van der Waals surface area contributed by atoms with Crippen molar-refractivity contribution in [1.82, 2.24) is 0 Å². The Balaban J connectivity index is 2.24. The first-order valence-corrected chi connectivity index (χ1v) is 7.37. The summed E-state index contributed by atoms with van der Waals surface area (Å²) in [7, 11) is -0.278. The van der Waals surface area contributed by atoms with E-state index < -0.39 is 13.1 Å². The van der Waals surface area contributed by atoms with Crippen LogP contribution in [0.3, 0.4) is 0 Å². The van der Waals surface area contributed by atoms with Gasteiger partial charge in [-0.15, -0.1) is 0 Å². The van der Waals surface area contributed by atoms with E-state index in [-0.39, 0.29) is 6.10 Å². The molecule has 1 aromatic rings. The lowest BCUT2D eigenvalue weighted by Crippen LogP contribution is -2.30. The normalized spacial score (nSPS) is 16.1. The maximum atomic E-state index is 11.8. The molecule has 0 aliphatic heterocycles. The number of esters is 1. The molecule has 1 fully saturated rings. The van der Waals surface area contributed by atoms with Crippen molar-refractivity contribution >= 4 is 18.6 Å². The first-order valence-electron chi connectivity index (χ1n) is 7.37. The zero-order valence-corrected chi connectivity index (χ0v) is 12.2. The Kier molecular flexibility index (Phi) is 5.64. The molecular weight excluding hydrogens is 271 g/mol. The highest BCUT2D eigenvalue weighted by Crippen LogP contribution is 2.25. The highest BCUT2D eigenvalue weighted by Gasteiger charge is 2.21. The molecule has 114 valence electrons. The lowest BCUT2D eigenvalue weighted by Gasteiger charge is -2.19. The molecular formula is C15H21BO5. The summed E-state index contributed by atoms with van der Waals surface area (Å²) in [6.45, 7) is 0. The first kappa shape index (κ1) is 15.9. The van der Waals surface area contributed by atoms with E-state index in [1.807, 2.05) is 0 Å². The number of benzene rings is 1. The van der Waals surface area contributed by atoms with E-state index in [0.717, 1.165) is 25.7 Å². The van der Waals surface area contributed by atoms with Gasteiger partial charge in [0.1, 0.15) is 11.3 Å². The topological polar surface area (TPSA) is 76.0 Å². The maximum Gasteiger partial charge on any atom is 0.488 e. The van der Waals surface area contributed by atoms with Gasteiger partial charge >= 0.3 is 13.1 Å². The number of carbonyl (C=O) groups excluding carboxylic acids is 1. The Labute approximate surface area is 125 Å². The van der Waals surface area contributed by atoms with Gasteiger partial charge in [-0.05, 0) is 43.3 Å². The summed E-state index contributed by atoms with van der Waals surface area (Å²) < 4.78 is 10.7. The minimum Gasteiger partial charge on any atom is -0.490 e. The number of methoxy groups -OCH3 is 1. The molecule has 1 aromatic carbocycles. The van der Waals surface area contributed by atoms with Crippen LogP contribution >= 0.6 is 0 Å². The Hall–Kier alpha value is -1.53. The zero-order chi connectivity index (χ0) is 15.2. The van der Waals surface area contributed by atoms with Crippen molar-refractivity contribution in [3.8, 4) is 5.75 Å². The zero-order valence-electron chi connectivity index (χ0n) is 12.2. The van der Waals surface area contributed by atoms with Crippen molar-refractivity contribution in [3.63, 3.8) is 0 Å². The minimum atomic E-state index is -1.59. The van der Waals surface area contributed by atoms with Gasteiger partial charge < -0.3 is 19.5 Å². The third kappa shape index (κ3) is 4.22. The second kappa shape index (κ2) is 7.47. The van der Waals surface area contributed by atoms with Crippen molar-refractivity contribution in [3.05, 3.63) is 23.8 Å². The fourth-order valence-electron chi connectivity index (χ4n) is 2.61. The highest BCUT2D eigenvalue weighted by molar-refractivity contribution is 6.58. The van der Waals surface area contributed by atoms with E-state index in [1.165, 1.54) is 38.2 Å². The predicted octanol–water partition coefficient (Wildman–Crippen LogP) is 1.25. The van der Waals surface area contributed by atoms with Gasteiger partial charge in [-0.25, -0.2) is 4.79 Å². The largest absolute Gasteiger partial charge is 0.490 e. The molecule has 21 heavy (non-hydrogen) atoms. The van der Waals surface area contributed by atoms with Crippen LogP contribution in [0.1, 0.15) is 48.9 Å². The van der Waals surface area contributed by atoms with E-state index in [0.29, 0.717) is 16.8 Å². The average Bonchev–Trinajstić information content (AvgIpc) is 2.75. The number of ether oxygens (including phenoxy) is 2. The molecule has 1 aliphatic carbocycles. The Bertz CT molecular complexity index is 481. The molecule has 0 amide bonds. The average molecular weight is 292 g/mol. The van der Waals surface area contributed by atoms with Crippen molar-refractivity contribution in [1.29, 1.82) is 0 Å². The highest BCUT2D eigenvalue weighted by atomic mass is 16.5. The van der Waals surface area contributed by atoms with Crippen LogP contribution in [0, 0.1) is 0 Å². The van der Waals surface area contributed by atoms with Gasteiger partial charge in [0.15, 0.2) is 0 Å². The lowest BCUT2D eigenvalue weighted by atomic mass is 9.80. The number of carbonyl (C=O) groups is 1. The van der Waals surface area contributed by atoms with Crippen LogP contribution in [0.25, 0.3) is 0 Å². The van der Waals surface area contributed by atoms with Gasteiger partial charge in [0, 0.05) is 0 Å². The molecule has 0 heterocycles. The van der Waals surface area contributed by atoms with Crippen molar-refractivity contribution in [2.45, 2.75) is 44.6 Å². The van der Waals surface area contributed by atoms with Crippen LogP contribution < -0.4 is 10.2 Å². The van der Waals surface area contributed by atoms with Gasteiger partial charge in [-0.2, -0.15) is 0 Å². The third-order valence-corrected chi connectivity index (χ3v) is 3.80. The van der Waals surface area contributed by atoms with Crippen molar-refractivity contribution in [2.24, 2.45) is 0 Å². The Morgan fingerprint density at radius 1 is 1.19 bits per heavy atom. The summed E-state index contributed by atoms with van der Waals surface area (Å²) in [5, 5.41) is 18.5. The molecule has 1 aliphatic rings. The molecule has 6 heteroatoms. The summed E-state index contributed by atoms with van der Waals surface area (Å²) in [6, 6.07) is 4.49. The van der Waals surface area contributed by atoms with Crippen molar-refractivity contribution in [2.75, 3.05) is 7.11 Å². The molecule has 0 unspecified atom stereocenters. The van der Waals surface area contributed by atoms with Gasteiger partial charge in [0.05, 0.1) is 13.2 Å². The van der Waals surface area contributed by atoms with Crippen LogP contribution in [0.5, 0.6) is 5.75 Å². The standard InChI is InChI=1S/C15H21BO5/c1-20-15(17)13-9-8-11(16(18)19)10-14(13)21-12-6-4-2-3-5-7-12/h8-10,12,18-19H,2-7H2,1H3. The monoisotopic (exact) mass is 292 g/mol. The summed E-state index contributed by atoms with van der Waals surface area (Å²) in [5.74, 6) is -0.128. The molecule has 0 aromatic heterocycles. The minimum absolute atomic E-state index is 0.0574. The predicted molar refractivity (Wildman–Crippen MR) is 79.7 cm³/mol. The van der Waals surface area contributed by atoms with Crippen LogP contribution in [0.15, 0.2) is 18.2 Å². The van der Waals surface area contributed by atoms with E-state index in [1.54, 1.807) is 0 Å². The molecule has 0 radical (unpaired) electrons. The van der Waals surface area contributed by atoms with Crippen LogP contribution in [-0.4, -0.2) is 36.3 Å². The molecule has 2 rings (SSSR count). The summed E-state index contributed by atoms with van der Waals surface area (Å²) in [5.41, 5.74) is 0.609. The third-order valence-electron chi connectivity index (χ3n) is 3.80. The second-order valence-corrected chi connectivity index (χ2v) is 5.35. The molecule has 0 saturated heterocycles. The SMILES string of the molecule is COC(=O)c1ccc(B(O)O)cc1OC1CCCCCC1. The summed E-state index contributed by atoms with van der Waals surface area (Å²) in [6.07, 6.45) is 6.60. The molecule has 5 nitrogen and oxygen atoms in total.